The van der Waals surface area contributed by atoms with Crippen molar-refractivity contribution in [1.82, 2.24) is 10.2 Å². The van der Waals surface area contributed by atoms with Crippen molar-refractivity contribution in [3.05, 3.63) is 0 Å². The van der Waals surface area contributed by atoms with Crippen LogP contribution in [0.2, 0.25) is 0 Å². The van der Waals surface area contributed by atoms with Crippen LogP contribution in [0.3, 0.4) is 0 Å². The van der Waals surface area contributed by atoms with Crippen LogP contribution in [0.1, 0.15) is 45.4 Å². The molecular formula is C16H30N2OS. The molecule has 0 amide bonds. The Labute approximate surface area is 128 Å². The van der Waals surface area contributed by atoms with Crippen molar-refractivity contribution in [1.29, 1.82) is 0 Å². The lowest BCUT2D eigenvalue weighted by molar-refractivity contribution is -0.115. The summed E-state index contributed by atoms with van der Waals surface area (Å²) in [4.78, 5) is 2.79. The smallest absolute Gasteiger partial charge is 0.0713 e. The van der Waals surface area contributed by atoms with Crippen LogP contribution >= 0.6 is 11.8 Å². The first-order valence-corrected chi connectivity index (χ1v) is 9.67. The van der Waals surface area contributed by atoms with E-state index in [1.165, 1.54) is 69.7 Å². The lowest BCUT2D eigenvalue weighted by Gasteiger charge is -2.48. The van der Waals surface area contributed by atoms with Crippen LogP contribution in [-0.4, -0.2) is 60.3 Å². The molecule has 20 heavy (non-hydrogen) atoms. The van der Waals surface area contributed by atoms with Crippen molar-refractivity contribution in [2.24, 2.45) is 0 Å². The summed E-state index contributed by atoms with van der Waals surface area (Å²) in [5.74, 6) is 2.59. The van der Waals surface area contributed by atoms with E-state index in [1.54, 1.807) is 0 Å². The summed E-state index contributed by atoms with van der Waals surface area (Å²) < 4.78 is 6.26. The van der Waals surface area contributed by atoms with Gasteiger partial charge in [-0.1, -0.05) is 6.92 Å². The lowest BCUT2D eigenvalue weighted by atomic mass is 9.84. The van der Waals surface area contributed by atoms with Gasteiger partial charge in [0.15, 0.2) is 0 Å². The topological polar surface area (TPSA) is 24.5 Å². The molecule has 3 rings (SSSR count). The van der Waals surface area contributed by atoms with Gasteiger partial charge in [0.1, 0.15) is 0 Å². The van der Waals surface area contributed by atoms with E-state index in [-0.39, 0.29) is 5.60 Å². The summed E-state index contributed by atoms with van der Waals surface area (Å²) in [5.41, 5.74) is 0.226. The minimum absolute atomic E-state index is 0.226. The zero-order chi connectivity index (χ0) is 13.8. The molecule has 2 atom stereocenters. The molecule has 0 saturated carbocycles. The number of nitrogens with zero attached hydrogens (tertiary/aromatic N) is 1. The second-order valence-corrected chi connectivity index (χ2v) is 7.85. The van der Waals surface area contributed by atoms with Crippen molar-refractivity contribution >= 4 is 11.8 Å². The molecule has 4 heteroatoms. The van der Waals surface area contributed by atoms with Crippen molar-refractivity contribution in [2.45, 2.75) is 63.1 Å². The zero-order valence-corrected chi connectivity index (χ0v) is 13.7. The van der Waals surface area contributed by atoms with Crippen molar-refractivity contribution in [3.63, 3.8) is 0 Å². The number of likely N-dealkylation sites (N-methyl/N-ethyl adjacent to an activating group) is 1. The van der Waals surface area contributed by atoms with E-state index in [1.807, 2.05) is 0 Å². The maximum Gasteiger partial charge on any atom is 0.0713 e. The summed E-state index contributed by atoms with van der Waals surface area (Å²) in [6, 6.07) is 1.51. The Hall–Kier alpha value is 0.230. The Balaban J connectivity index is 1.64. The van der Waals surface area contributed by atoms with E-state index < -0.39 is 0 Å². The highest BCUT2D eigenvalue weighted by Gasteiger charge is 2.41. The van der Waals surface area contributed by atoms with E-state index in [0.29, 0.717) is 0 Å². The van der Waals surface area contributed by atoms with E-state index in [9.17, 15) is 0 Å². The normalized spacial score (nSPS) is 34.5. The van der Waals surface area contributed by atoms with Crippen molar-refractivity contribution < 1.29 is 4.74 Å². The molecule has 2 unspecified atom stereocenters. The van der Waals surface area contributed by atoms with Gasteiger partial charge in [-0.2, -0.15) is 11.8 Å². The van der Waals surface area contributed by atoms with Gasteiger partial charge in [0.05, 0.1) is 5.60 Å². The SMILES string of the molecule is CCN(C1CCCNC1)C1CCOC2(CCSCC2)C1. The molecule has 3 aliphatic rings. The summed E-state index contributed by atoms with van der Waals surface area (Å²) in [5, 5.41) is 3.58. The second kappa shape index (κ2) is 6.99. The molecule has 0 aromatic rings. The number of nitrogens with one attached hydrogen (secondary N) is 1. The summed E-state index contributed by atoms with van der Waals surface area (Å²) in [6.07, 6.45) is 7.77. The number of hydrogen-bond donors (Lipinski definition) is 1. The van der Waals surface area contributed by atoms with Gasteiger partial charge >= 0.3 is 0 Å². The number of thioether (sulfide) groups is 1. The van der Waals surface area contributed by atoms with Gasteiger partial charge in [0.25, 0.3) is 0 Å². The quantitative estimate of drug-likeness (QED) is 0.865. The highest BCUT2D eigenvalue weighted by Crippen LogP contribution is 2.39. The van der Waals surface area contributed by atoms with Gasteiger partial charge in [-0.3, -0.25) is 4.90 Å². The summed E-state index contributed by atoms with van der Waals surface area (Å²) in [6.45, 7) is 6.92. The van der Waals surface area contributed by atoms with Crippen LogP contribution in [0.5, 0.6) is 0 Å². The van der Waals surface area contributed by atoms with E-state index >= 15 is 0 Å². The lowest BCUT2D eigenvalue weighted by Crippen LogP contribution is -2.55. The van der Waals surface area contributed by atoms with E-state index in [0.717, 1.165) is 18.7 Å². The van der Waals surface area contributed by atoms with Crippen LogP contribution in [0.4, 0.5) is 0 Å². The minimum atomic E-state index is 0.226. The van der Waals surface area contributed by atoms with Crippen LogP contribution in [0, 0.1) is 0 Å². The zero-order valence-electron chi connectivity index (χ0n) is 12.9. The minimum Gasteiger partial charge on any atom is -0.375 e. The number of piperidine rings is 1. The third-order valence-corrected chi connectivity index (χ3v) is 6.43. The molecule has 0 bridgehead atoms. The van der Waals surface area contributed by atoms with Gasteiger partial charge in [0.2, 0.25) is 0 Å². The fraction of sp³-hybridized carbons (Fsp3) is 1.00. The molecule has 3 fully saturated rings. The van der Waals surface area contributed by atoms with E-state index in [4.69, 9.17) is 4.74 Å². The molecule has 0 aromatic heterocycles. The molecule has 1 N–H and O–H groups in total. The highest BCUT2D eigenvalue weighted by molar-refractivity contribution is 7.99. The van der Waals surface area contributed by atoms with Gasteiger partial charge in [-0.05, 0) is 63.1 Å². The Morgan fingerprint density at radius 1 is 1.25 bits per heavy atom. The average Bonchev–Trinajstić information content (AvgIpc) is 2.50. The van der Waals surface area contributed by atoms with Crippen LogP contribution in [0.25, 0.3) is 0 Å². The fourth-order valence-electron chi connectivity index (χ4n) is 4.31. The monoisotopic (exact) mass is 298 g/mol. The number of rotatable bonds is 3. The molecule has 1 spiro atoms. The van der Waals surface area contributed by atoms with Crippen LogP contribution < -0.4 is 5.32 Å². The predicted octanol–water partition coefficient (Wildman–Crippen LogP) is 2.51. The molecular weight excluding hydrogens is 268 g/mol. The molecule has 0 radical (unpaired) electrons. The van der Waals surface area contributed by atoms with Crippen molar-refractivity contribution in [2.75, 3.05) is 37.7 Å². The summed E-state index contributed by atoms with van der Waals surface area (Å²) >= 11 is 2.10. The Bertz CT molecular complexity index is 295. The van der Waals surface area contributed by atoms with Gasteiger partial charge in [0, 0.05) is 25.2 Å². The first-order valence-electron chi connectivity index (χ1n) is 8.51. The van der Waals surface area contributed by atoms with Gasteiger partial charge in [-0.15, -0.1) is 0 Å². The molecule has 0 aliphatic carbocycles. The maximum absolute atomic E-state index is 6.26. The van der Waals surface area contributed by atoms with Crippen molar-refractivity contribution in [3.8, 4) is 0 Å². The molecule has 3 aliphatic heterocycles. The molecule has 116 valence electrons. The molecule has 3 saturated heterocycles. The number of hydrogen-bond acceptors (Lipinski definition) is 4. The molecule has 3 heterocycles. The fourth-order valence-corrected chi connectivity index (χ4v) is 5.54. The second-order valence-electron chi connectivity index (χ2n) is 6.62. The first kappa shape index (κ1) is 15.1. The third kappa shape index (κ3) is 3.34. The predicted molar refractivity (Wildman–Crippen MR) is 86.5 cm³/mol. The largest absolute Gasteiger partial charge is 0.375 e. The average molecular weight is 298 g/mol. The maximum atomic E-state index is 6.26. The van der Waals surface area contributed by atoms with Crippen LogP contribution in [-0.2, 0) is 4.74 Å². The Morgan fingerprint density at radius 3 is 2.80 bits per heavy atom. The summed E-state index contributed by atoms with van der Waals surface area (Å²) in [7, 11) is 0. The molecule has 0 aromatic carbocycles. The third-order valence-electron chi connectivity index (χ3n) is 5.45. The Morgan fingerprint density at radius 2 is 2.10 bits per heavy atom. The Kier molecular flexibility index (Phi) is 5.29. The van der Waals surface area contributed by atoms with Gasteiger partial charge in [-0.25, -0.2) is 0 Å². The first-order chi connectivity index (χ1) is 9.83. The number of ether oxygens (including phenoxy) is 1. The standard InChI is InChI=1S/C16H30N2OS/c1-2-18(15-4-3-8-17-13-15)14-5-9-19-16(12-14)6-10-20-11-7-16/h14-15,17H,2-13H2,1H3. The van der Waals surface area contributed by atoms with E-state index in [2.05, 4.69) is 28.9 Å². The van der Waals surface area contributed by atoms with Gasteiger partial charge < -0.3 is 10.1 Å². The molecule has 3 nitrogen and oxygen atoms in total. The van der Waals surface area contributed by atoms with Crippen LogP contribution in [0.15, 0.2) is 0 Å². The highest BCUT2D eigenvalue weighted by atomic mass is 32.2.